The molecular formula is C10H11BrN4. The predicted octanol–water partition coefficient (Wildman–Crippen LogP) is 1.74. The third-order valence-corrected chi connectivity index (χ3v) is 3.20. The zero-order valence-corrected chi connectivity index (χ0v) is 9.74. The van der Waals surface area contributed by atoms with Gasteiger partial charge in [0.15, 0.2) is 11.5 Å². The highest BCUT2D eigenvalue weighted by Gasteiger charge is 2.21. The normalized spacial score (nSPS) is 16.1. The Labute approximate surface area is 95.8 Å². The molecule has 0 unspecified atom stereocenters. The van der Waals surface area contributed by atoms with Gasteiger partial charge >= 0.3 is 0 Å². The molecule has 0 radical (unpaired) electrons. The SMILES string of the molecule is Brc1cccn2c(CNC3CC3)nnc12. The quantitative estimate of drug-likeness (QED) is 0.921. The summed E-state index contributed by atoms with van der Waals surface area (Å²) >= 11 is 3.46. The fourth-order valence-electron chi connectivity index (χ4n) is 1.57. The molecule has 1 aliphatic rings. The largest absolute Gasteiger partial charge is 0.307 e. The van der Waals surface area contributed by atoms with Gasteiger partial charge in [-0.05, 0) is 40.9 Å². The van der Waals surface area contributed by atoms with Crippen molar-refractivity contribution < 1.29 is 0 Å². The van der Waals surface area contributed by atoms with Crippen LogP contribution in [0.1, 0.15) is 18.7 Å². The summed E-state index contributed by atoms with van der Waals surface area (Å²) in [6, 6.07) is 4.66. The van der Waals surface area contributed by atoms with Gasteiger partial charge in [-0.1, -0.05) is 0 Å². The Hall–Kier alpha value is -0.940. The van der Waals surface area contributed by atoms with E-state index in [4.69, 9.17) is 0 Å². The number of hydrogen-bond acceptors (Lipinski definition) is 3. The molecule has 0 atom stereocenters. The van der Waals surface area contributed by atoms with E-state index in [1.54, 1.807) is 0 Å². The lowest BCUT2D eigenvalue weighted by atomic mass is 10.4. The Morgan fingerprint density at radius 3 is 3.13 bits per heavy atom. The Balaban J connectivity index is 1.92. The zero-order chi connectivity index (χ0) is 10.3. The maximum atomic E-state index is 4.18. The van der Waals surface area contributed by atoms with Crippen LogP contribution in [0.5, 0.6) is 0 Å². The Morgan fingerprint density at radius 2 is 2.33 bits per heavy atom. The molecule has 0 bridgehead atoms. The van der Waals surface area contributed by atoms with Crippen molar-refractivity contribution in [3.8, 4) is 0 Å². The minimum absolute atomic E-state index is 0.699. The third kappa shape index (κ3) is 1.77. The molecule has 2 aromatic heterocycles. The van der Waals surface area contributed by atoms with Crippen LogP contribution >= 0.6 is 15.9 Å². The van der Waals surface area contributed by atoms with Gasteiger partial charge in [-0.2, -0.15) is 0 Å². The summed E-state index contributed by atoms with van der Waals surface area (Å²) in [5.41, 5.74) is 0.880. The average molecular weight is 267 g/mol. The van der Waals surface area contributed by atoms with Crippen molar-refractivity contribution in [1.82, 2.24) is 19.9 Å². The van der Waals surface area contributed by atoms with Crippen LogP contribution < -0.4 is 5.32 Å². The molecule has 3 rings (SSSR count). The lowest BCUT2D eigenvalue weighted by Gasteiger charge is -2.01. The summed E-state index contributed by atoms with van der Waals surface area (Å²) in [7, 11) is 0. The first kappa shape index (κ1) is 9.30. The molecule has 0 spiro atoms. The van der Waals surface area contributed by atoms with Gasteiger partial charge in [0.1, 0.15) is 0 Å². The summed E-state index contributed by atoms with van der Waals surface area (Å²) in [4.78, 5) is 0. The van der Waals surface area contributed by atoms with Crippen LogP contribution in [0.25, 0.3) is 5.65 Å². The lowest BCUT2D eigenvalue weighted by molar-refractivity contribution is 0.652. The average Bonchev–Trinajstić information content (AvgIpc) is 2.97. The van der Waals surface area contributed by atoms with Crippen LogP contribution in [-0.2, 0) is 6.54 Å². The van der Waals surface area contributed by atoms with Crippen LogP contribution in [0, 0.1) is 0 Å². The van der Waals surface area contributed by atoms with Crippen molar-refractivity contribution in [3.63, 3.8) is 0 Å². The molecule has 0 amide bonds. The van der Waals surface area contributed by atoms with Crippen LogP contribution in [0.2, 0.25) is 0 Å². The minimum atomic E-state index is 0.699. The Bertz CT molecular complexity index is 489. The standard InChI is InChI=1S/C10H11BrN4/c11-8-2-1-5-15-9(13-14-10(8)15)6-12-7-3-4-7/h1-2,5,7,12H,3-4,6H2. The highest BCUT2D eigenvalue weighted by Crippen LogP contribution is 2.20. The van der Waals surface area contributed by atoms with Crippen LogP contribution in [0.15, 0.2) is 22.8 Å². The third-order valence-electron chi connectivity index (χ3n) is 2.58. The van der Waals surface area contributed by atoms with E-state index in [1.807, 2.05) is 22.7 Å². The first-order chi connectivity index (χ1) is 7.34. The number of pyridine rings is 1. The predicted molar refractivity (Wildman–Crippen MR) is 60.5 cm³/mol. The number of aromatic nitrogens is 3. The highest BCUT2D eigenvalue weighted by atomic mass is 79.9. The summed E-state index contributed by atoms with van der Waals surface area (Å²) < 4.78 is 2.99. The second kappa shape index (κ2) is 3.57. The van der Waals surface area contributed by atoms with Gasteiger partial charge in [-0.3, -0.25) is 4.40 Å². The first-order valence-electron chi connectivity index (χ1n) is 5.06. The Kier molecular flexibility index (Phi) is 2.21. The van der Waals surface area contributed by atoms with E-state index in [2.05, 4.69) is 31.4 Å². The minimum Gasteiger partial charge on any atom is -0.307 e. The monoisotopic (exact) mass is 266 g/mol. The molecule has 0 aromatic carbocycles. The second-order valence-electron chi connectivity index (χ2n) is 3.82. The number of fused-ring (bicyclic) bond motifs is 1. The molecular weight excluding hydrogens is 256 g/mol. The maximum absolute atomic E-state index is 4.18. The fraction of sp³-hybridized carbons (Fsp3) is 0.400. The van der Waals surface area contributed by atoms with Crippen LogP contribution in [0.3, 0.4) is 0 Å². The molecule has 0 aliphatic heterocycles. The number of nitrogens with one attached hydrogen (secondary N) is 1. The first-order valence-corrected chi connectivity index (χ1v) is 5.85. The molecule has 1 aliphatic carbocycles. The zero-order valence-electron chi connectivity index (χ0n) is 8.15. The smallest absolute Gasteiger partial charge is 0.175 e. The molecule has 1 saturated carbocycles. The molecule has 2 aromatic rings. The van der Waals surface area contributed by atoms with Crippen LogP contribution in [-0.4, -0.2) is 20.6 Å². The van der Waals surface area contributed by atoms with Gasteiger partial charge in [-0.15, -0.1) is 10.2 Å². The number of hydrogen-bond donors (Lipinski definition) is 1. The summed E-state index contributed by atoms with van der Waals surface area (Å²) in [6.45, 7) is 0.794. The number of halogens is 1. The van der Waals surface area contributed by atoms with Gasteiger partial charge in [-0.25, -0.2) is 0 Å². The molecule has 1 N–H and O–H groups in total. The number of nitrogens with zero attached hydrogens (tertiary/aromatic N) is 3. The summed E-state index contributed by atoms with van der Waals surface area (Å²) in [5, 5.41) is 11.8. The van der Waals surface area contributed by atoms with Gasteiger partial charge in [0.25, 0.3) is 0 Å². The summed E-state index contributed by atoms with van der Waals surface area (Å²) in [5.74, 6) is 0.971. The van der Waals surface area contributed by atoms with E-state index < -0.39 is 0 Å². The highest BCUT2D eigenvalue weighted by molar-refractivity contribution is 9.10. The van der Waals surface area contributed by atoms with Crippen molar-refractivity contribution in [2.75, 3.05) is 0 Å². The van der Waals surface area contributed by atoms with Gasteiger partial charge in [0.2, 0.25) is 0 Å². The van der Waals surface area contributed by atoms with E-state index in [-0.39, 0.29) is 0 Å². The molecule has 2 heterocycles. The van der Waals surface area contributed by atoms with Gasteiger partial charge < -0.3 is 5.32 Å². The second-order valence-corrected chi connectivity index (χ2v) is 4.68. The lowest BCUT2D eigenvalue weighted by Crippen LogP contribution is -2.17. The van der Waals surface area contributed by atoms with Crippen molar-refractivity contribution in [3.05, 3.63) is 28.6 Å². The van der Waals surface area contributed by atoms with E-state index in [0.717, 1.165) is 22.5 Å². The van der Waals surface area contributed by atoms with E-state index >= 15 is 0 Å². The maximum Gasteiger partial charge on any atom is 0.175 e. The van der Waals surface area contributed by atoms with E-state index in [9.17, 15) is 0 Å². The Morgan fingerprint density at radius 1 is 1.47 bits per heavy atom. The summed E-state index contributed by atoms with van der Waals surface area (Å²) in [6.07, 6.45) is 4.57. The van der Waals surface area contributed by atoms with Gasteiger partial charge in [0, 0.05) is 12.2 Å². The topological polar surface area (TPSA) is 42.2 Å². The van der Waals surface area contributed by atoms with E-state index in [0.29, 0.717) is 6.04 Å². The van der Waals surface area contributed by atoms with E-state index in [1.165, 1.54) is 12.8 Å². The van der Waals surface area contributed by atoms with Gasteiger partial charge in [0.05, 0.1) is 11.0 Å². The molecule has 15 heavy (non-hydrogen) atoms. The molecule has 1 fully saturated rings. The fourth-order valence-corrected chi connectivity index (χ4v) is 2.00. The van der Waals surface area contributed by atoms with Crippen molar-refractivity contribution in [2.45, 2.75) is 25.4 Å². The van der Waals surface area contributed by atoms with Crippen molar-refractivity contribution in [1.29, 1.82) is 0 Å². The van der Waals surface area contributed by atoms with Crippen LogP contribution in [0.4, 0.5) is 0 Å². The molecule has 5 heteroatoms. The number of rotatable bonds is 3. The molecule has 78 valence electrons. The molecule has 4 nitrogen and oxygen atoms in total. The van der Waals surface area contributed by atoms with Crippen molar-refractivity contribution in [2.24, 2.45) is 0 Å². The molecule has 0 saturated heterocycles. The van der Waals surface area contributed by atoms with Crippen molar-refractivity contribution >= 4 is 21.6 Å².